The average molecular weight is 574 g/mol. The van der Waals surface area contributed by atoms with Gasteiger partial charge in [-0.3, -0.25) is 9.59 Å². The van der Waals surface area contributed by atoms with Crippen molar-refractivity contribution >= 4 is 34.9 Å². The molecule has 4 rings (SSSR count). The standard InChI is InChI=1S/C30H38F3N5O3/c1-3-36(4-2)28(40)25-20-24(34-27(39)21-9-5-6-10-21)13-14-26(25)37-15-8-16-38(18-17-37)29(41)35-23-12-7-11-22(19-23)30(31,32)33/h7,11-14,19-21H,3-6,8-10,15-18H2,1-2H3,(H,34,39)(H,35,41). The molecule has 2 aliphatic rings. The first kappa shape index (κ1) is 30.2. The fraction of sp³-hybridized carbons (Fsp3) is 0.500. The van der Waals surface area contributed by atoms with Gasteiger partial charge in [-0.2, -0.15) is 13.2 Å². The van der Waals surface area contributed by atoms with Crippen molar-refractivity contribution < 1.29 is 27.6 Å². The number of amides is 4. The van der Waals surface area contributed by atoms with E-state index < -0.39 is 17.8 Å². The molecule has 4 amide bonds. The summed E-state index contributed by atoms with van der Waals surface area (Å²) >= 11 is 0. The predicted octanol–water partition coefficient (Wildman–Crippen LogP) is 6.06. The van der Waals surface area contributed by atoms with Crippen LogP contribution in [-0.2, 0) is 11.0 Å². The van der Waals surface area contributed by atoms with Crippen molar-refractivity contribution in [2.75, 3.05) is 54.8 Å². The van der Waals surface area contributed by atoms with E-state index in [0.717, 1.165) is 43.5 Å². The zero-order valence-corrected chi connectivity index (χ0v) is 23.6. The van der Waals surface area contributed by atoms with E-state index in [0.29, 0.717) is 56.9 Å². The second-order valence-corrected chi connectivity index (χ2v) is 10.5. The molecule has 8 nitrogen and oxygen atoms in total. The lowest BCUT2D eigenvalue weighted by Gasteiger charge is -2.28. The number of hydrogen-bond acceptors (Lipinski definition) is 4. The summed E-state index contributed by atoms with van der Waals surface area (Å²) in [6, 6.07) is 9.49. The molecule has 0 radical (unpaired) electrons. The second kappa shape index (κ2) is 13.3. The van der Waals surface area contributed by atoms with E-state index in [4.69, 9.17) is 0 Å². The number of nitrogens with zero attached hydrogens (tertiary/aromatic N) is 3. The third-order valence-corrected chi connectivity index (χ3v) is 7.84. The molecule has 2 N–H and O–H groups in total. The van der Waals surface area contributed by atoms with E-state index in [9.17, 15) is 27.6 Å². The zero-order valence-electron chi connectivity index (χ0n) is 23.6. The summed E-state index contributed by atoms with van der Waals surface area (Å²) in [5.74, 6) is -0.158. The lowest BCUT2D eigenvalue weighted by atomic mass is 10.1. The van der Waals surface area contributed by atoms with E-state index in [2.05, 4.69) is 15.5 Å². The van der Waals surface area contributed by atoms with Gasteiger partial charge in [-0.1, -0.05) is 18.9 Å². The first-order chi connectivity index (χ1) is 19.6. The van der Waals surface area contributed by atoms with Gasteiger partial charge in [0.25, 0.3) is 5.91 Å². The normalized spacial score (nSPS) is 16.3. The summed E-state index contributed by atoms with van der Waals surface area (Å²) in [5, 5.41) is 5.58. The van der Waals surface area contributed by atoms with Gasteiger partial charge in [0.1, 0.15) is 0 Å². The van der Waals surface area contributed by atoms with Crippen LogP contribution in [-0.4, -0.2) is 66.9 Å². The smallest absolute Gasteiger partial charge is 0.369 e. The molecule has 1 aliphatic heterocycles. The van der Waals surface area contributed by atoms with Crippen LogP contribution < -0.4 is 15.5 Å². The van der Waals surface area contributed by atoms with Crippen molar-refractivity contribution in [1.82, 2.24) is 9.80 Å². The summed E-state index contributed by atoms with van der Waals surface area (Å²) in [7, 11) is 0. The summed E-state index contributed by atoms with van der Waals surface area (Å²) in [6.07, 6.45) is -0.0467. The Labute approximate surface area is 238 Å². The predicted molar refractivity (Wildman–Crippen MR) is 153 cm³/mol. The van der Waals surface area contributed by atoms with Crippen LogP contribution in [0.4, 0.5) is 35.0 Å². The molecule has 0 bridgehead atoms. The Bertz CT molecular complexity index is 1240. The van der Waals surface area contributed by atoms with Crippen LogP contribution in [0.15, 0.2) is 42.5 Å². The van der Waals surface area contributed by atoms with Crippen molar-refractivity contribution in [2.45, 2.75) is 52.1 Å². The second-order valence-electron chi connectivity index (χ2n) is 10.5. The topological polar surface area (TPSA) is 85.0 Å². The number of nitrogens with one attached hydrogen (secondary N) is 2. The molecule has 0 aromatic heterocycles. The first-order valence-corrected chi connectivity index (χ1v) is 14.3. The number of hydrogen-bond donors (Lipinski definition) is 2. The summed E-state index contributed by atoms with van der Waals surface area (Å²) in [5.41, 5.74) is 1.04. The maximum Gasteiger partial charge on any atom is 0.416 e. The molecular formula is C30H38F3N5O3. The van der Waals surface area contributed by atoms with Crippen LogP contribution in [0.2, 0.25) is 0 Å². The molecule has 2 fully saturated rings. The highest BCUT2D eigenvalue weighted by Crippen LogP contribution is 2.32. The van der Waals surface area contributed by atoms with E-state index in [1.54, 1.807) is 15.9 Å². The minimum Gasteiger partial charge on any atom is -0.369 e. The molecule has 0 atom stereocenters. The van der Waals surface area contributed by atoms with Crippen molar-refractivity contribution in [1.29, 1.82) is 0 Å². The monoisotopic (exact) mass is 573 g/mol. The minimum absolute atomic E-state index is 0.00437. The van der Waals surface area contributed by atoms with Crippen LogP contribution in [0.5, 0.6) is 0 Å². The summed E-state index contributed by atoms with van der Waals surface area (Å²) in [4.78, 5) is 44.6. The number of urea groups is 1. The van der Waals surface area contributed by atoms with E-state index in [1.807, 2.05) is 26.0 Å². The van der Waals surface area contributed by atoms with Crippen LogP contribution >= 0.6 is 0 Å². The fourth-order valence-electron chi connectivity index (χ4n) is 5.51. The summed E-state index contributed by atoms with van der Waals surface area (Å²) in [6.45, 7) is 6.66. The Morgan fingerprint density at radius 1 is 0.878 bits per heavy atom. The van der Waals surface area contributed by atoms with Gasteiger partial charge in [-0.15, -0.1) is 0 Å². The zero-order chi connectivity index (χ0) is 29.6. The average Bonchev–Trinajstić information content (AvgIpc) is 3.38. The van der Waals surface area contributed by atoms with E-state index >= 15 is 0 Å². The largest absolute Gasteiger partial charge is 0.416 e. The molecule has 0 spiro atoms. The van der Waals surface area contributed by atoms with Gasteiger partial charge in [0, 0.05) is 62.2 Å². The van der Waals surface area contributed by atoms with Crippen molar-refractivity contribution in [2.24, 2.45) is 5.92 Å². The molecule has 2 aromatic rings. The Hall–Kier alpha value is -3.76. The van der Waals surface area contributed by atoms with Gasteiger partial charge in [0.05, 0.1) is 11.1 Å². The number of carbonyl (C=O) groups is 3. The molecule has 41 heavy (non-hydrogen) atoms. The lowest BCUT2D eigenvalue weighted by molar-refractivity contribution is -0.137. The molecule has 1 saturated carbocycles. The number of rotatable bonds is 7. The highest BCUT2D eigenvalue weighted by Gasteiger charge is 2.31. The lowest BCUT2D eigenvalue weighted by Crippen LogP contribution is -2.38. The molecule has 222 valence electrons. The third kappa shape index (κ3) is 7.51. The number of carbonyl (C=O) groups excluding carboxylic acids is 3. The fourth-order valence-corrected chi connectivity index (χ4v) is 5.51. The van der Waals surface area contributed by atoms with E-state index in [-0.39, 0.29) is 23.4 Å². The Morgan fingerprint density at radius 3 is 2.27 bits per heavy atom. The van der Waals surface area contributed by atoms with Gasteiger partial charge >= 0.3 is 12.2 Å². The Morgan fingerprint density at radius 2 is 1.59 bits per heavy atom. The van der Waals surface area contributed by atoms with Crippen molar-refractivity contribution in [3.8, 4) is 0 Å². The molecule has 11 heteroatoms. The van der Waals surface area contributed by atoms with E-state index in [1.165, 1.54) is 12.1 Å². The quantitative estimate of drug-likeness (QED) is 0.422. The highest BCUT2D eigenvalue weighted by molar-refractivity contribution is 6.02. The highest BCUT2D eigenvalue weighted by atomic mass is 19.4. The van der Waals surface area contributed by atoms with Crippen LogP contribution in [0.25, 0.3) is 0 Å². The molecular weight excluding hydrogens is 535 g/mol. The Balaban J connectivity index is 1.49. The van der Waals surface area contributed by atoms with Gasteiger partial charge in [-0.25, -0.2) is 4.79 Å². The third-order valence-electron chi connectivity index (χ3n) is 7.84. The molecule has 0 unspecified atom stereocenters. The van der Waals surface area contributed by atoms with Gasteiger partial charge in [0.15, 0.2) is 0 Å². The van der Waals surface area contributed by atoms with Crippen molar-refractivity contribution in [3.05, 3.63) is 53.6 Å². The van der Waals surface area contributed by atoms with Crippen LogP contribution in [0.3, 0.4) is 0 Å². The number of halogens is 3. The van der Waals surface area contributed by atoms with Crippen LogP contribution in [0, 0.1) is 5.92 Å². The number of anilines is 3. The van der Waals surface area contributed by atoms with Gasteiger partial charge < -0.3 is 25.3 Å². The number of benzene rings is 2. The molecule has 1 aliphatic carbocycles. The number of alkyl halides is 3. The maximum absolute atomic E-state index is 13.6. The summed E-state index contributed by atoms with van der Waals surface area (Å²) < 4.78 is 39.3. The van der Waals surface area contributed by atoms with Crippen molar-refractivity contribution in [3.63, 3.8) is 0 Å². The maximum atomic E-state index is 13.6. The molecule has 1 saturated heterocycles. The first-order valence-electron chi connectivity index (χ1n) is 14.3. The minimum atomic E-state index is -4.50. The van der Waals surface area contributed by atoms with Gasteiger partial charge in [-0.05, 0) is 69.5 Å². The molecule has 1 heterocycles. The molecule has 2 aromatic carbocycles. The van der Waals surface area contributed by atoms with Gasteiger partial charge in [0.2, 0.25) is 5.91 Å². The SMILES string of the molecule is CCN(CC)C(=O)c1cc(NC(=O)C2CCCC2)ccc1N1CCCN(C(=O)Nc2cccc(C(F)(F)F)c2)CC1. The Kier molecular flexibility index (Phi) is 9.77. The van der Waals surface area contributed by atoms with Crippen LogP contribution in [0.1, 0.15) is 61.9 Å².